The van der Waals surface area contributed by atoms with Gasteiger partial charge in [-0.3, -0.25) is 9.69 Å². The van der Waals surface area contributed by atoms with Crippen LogP contribution in [0.2, 0.25) is 10.0 Å². The number of amides is 1. The normalized spacial score (nSPS) is 21.5. The predicted octanol–water partition coefficient (Wildman–Crippen LogP) is 4.38. The van der Waals surface area contributed by atoms with Gasteiger partial charge in [0.1, 0.15) is 5.70 Å². The number of carbonyl (C=O) groups is 1. The molecule has 0 radical (unpaired) electrons. The highest BCUT2D eigenvalue weighted by atomic mass is 35.5. The van der Waals surface area contributed by atoms with E-state index in [-0.39, 0.29) is 11.9 Å². The number of hydrogen-bond donors (Lipinski definition) is 1. The Morgan fingerprint density at radius 1 is 1.18 bits per heavy atom. The number of halogens is 2. The highest BCUT2D eigenvalue weighted by molar-refractivity contribution is 7.80. The Bertz CT molecular complexity index is 633. The van der Waals surface area contributed by atoms with Crippen LogP contribution in [0.3, 0.4) is 0 Å². The van der Waals surface area contributed by atoms with Gasteiger partial charge in [0.25, 0.3) is 5.91 Å². The average molecular weight is 355 g/mol. The van der Waals surface area contributed by atoms with Crippen molar-refractivity contribution >= 4 is 52.5 Å². The van der Waals surface area contributed by atoms with E-state index in [1.54, 1.807) is 29.2 Å². The summed E-state index contributed by atoms with van der Waals surface area (Å²) < 4.78 is 0. The summed E-state index contributed by atoms with van der Waals surface area (Å²) in [5.41, 5.74) is 1.07. The van der Waals surface area contributed by atoms with Crippen molar-refractivity contribution in [1.82, 2.24) is 10.2 Å². The number of thiocarbonyl (C=S) groups is 1. The fourth-order valence-corrected chi connectivity index (χ4v) is 3.86. The quantitative estimate of drug-likeness (QED) is 0.631. The third-order valence-electron chi connectivity index (χ3n) is 4.14. The molecule has 1 saturated carbocycles. The van der Waals surface area contributed by atoms with Gasteiger partial charge in [0.05, 0.1) is 0 Å². The maximum absolute atomic E-state index is 12.7. The number of rotatable bonds is 2. The molecule has 116 valence electrons. The van der Waals surface area contributed by atoms with Crippen molar-refractivity contribution in [1.29, 1.82) is 0 Å². The summed E-state index contributed by atoms with van der Waals surface area (Å²) in [6, 6.07) is 5.47. The van der Waals surface area contributed by atoms with Gasteiger partial charge in [-0.1, -0.05) is 48.5 Å². The third-order valence-corrected chi connectivity index (χ3v) is 5.10. The van der Waals surface area contributed by atoms with E-state index in [1.165, 1.54) is 6.42 Å². The highest BCUT2D eigenvalue weighted by Crippen LogP contribution is 2.30. The molecule has 1 aliphatic carbocycles. The Morgan fingerprint density at radius 3 is 2.45 bits per heavy atom. The lowest BCUT2D eigenvalue weighted by atomic mass is 9.94. The summed E-state index contributed by atoms with van der Waals surface area (Å²) in [5, 5.41) is 4.51. The molecule has 0 spiro atoms. The van der Waals surface area contributed by atoms with E-state index >= 15 is 0 Å². The van der Waals surface area contributed by atoms with Gasteiger partial charge in [-0.15, -0.1) is 0 Å². The van der Waals surface area contributed by atoms with Crippen molar-refractivity contribution in [2.75, 3.05) is 0 Å². The van der Waals surface area contributed by atoms with Crippen LogP contribution in [0.25, 0.3) is 6.08 Å². The summed E-state index contributed by atoms with van der Waals surface area (Å²) in [6.07, 6.45) is 7.22. The summed E-state index contributed by atoms with van der Waals surface area (Å²) in [7, 11) is 0. The van der Waals surface area contributed by atoms with Gasteiger partial charge < -0.3 is 5.32 Å². The SMILES string of the molecule is O=C1/C(=C/c2c(Cl)cccc2Cl)NC(=S)N1C1CCCCC1. The maximum atomic E-state index is 12.7. The van der Waals surface area contributed by atoms with Gasteiger partial charge in [-0.2, -0.15) is 0 Å². The van der Waals surface area contributed by atoms with E-state index in [9.17, 15) is 4.79 Å². The molecule has 1 aromatic carbocycles. The van der Waals surface area contributed by atoms with Crippen molar-refractivity contribution in [3.8, 4) is 0 Å². The molecule has 3 nitrogen and oxygen atoms in total. The predicted molar refractivity (Wildman–Crippen MR) is 93.9 cm³/mol. The Morgan fingerprint density at radius 2 is 1.82 bits per heavy atom. The smallest absolute Gasteiger partial charge is 0.276 e. The Balaban J connectivity index is 1.89. The van der Waals surface area contributed by atoms with E-state index in [0.29, 0.717) is 26.4 Å². The number of nitrogens with zero attached hydrogens (tertiary/aromatic N) is 1. The van der Waals surface area contributed by atoms with Crippen molar-refractivity contribution in [3.63, 3.8) is 0 Å². The molecule has 0 aromatic heterocycles. The zero-order valence-corrected chi connectivity index (χ0v) is 14.3. The molecule has 1 saturated heterocycles. The minimum absolute atomic E-state index is 0.0899. The number of benzene rings is 1. The summed E-state index contributed by atoms with van der Waals surface area (Å²) >= 11 is 17.7. The Hall–Kier alpha value is -1.10. The van der Waals surface area contributed by atoms with Crippen LogP contribution in [0.5, 0.6) is 0 Å². The molecule has 1 N–H and O–H groups in total. The molecule has 1 amide bonds. The first kappa shape index (κ1) is 15.8. The average Bonchev–Trinajstić information content (AvgIpc) is 2.78. The molecule has 0 atom stereocenters. The fraction of sp³-hybridized carbons (Fsp3) is 0.375. The van der Waals surface area contributed by atoms with Gasteiger partial charge in [-0.25, -0.2) is 0 Å². The Labute approximate surface area is 145 Å². The zero-order valence-electron chi connectivity index (χ0n) is 11.9. The van der Waals surface area contributed by atoms with Gasteiger partial charge in [0.2, 0.25) is 0 Å². The molecule has 1 aromatic rings. The Kier molecular flexibility index (Phi) is 4.71. The lowest BCUT2D eigenvalue weighted by Crippen LogP contribution is -2.41. The molecule has 3 rings (SSSR count). The van der Waals surface area contributed by atoms with Gasteiger partial charge in [0, 0.05) is 21.7 Å². The summed E-state index contributed by atoms with van der Waals surface area (Å²) in [5.74, 6) is -0.0899. The molecule has 0 bridgehead atoms. The lowest BCUT2D eigenvalue weighted by molar-refractivity contribution is -0.124. The first-order valence-corrected chi connectivity index (χ1v) is 8.54. The molecular weight excluding hydrogens is 339 g/mol. The first-order valence-electron chi connectivity index (χ1n) is 7.38. The standard InChI is InChI=1S/C16H16Cl2N2OS/c17-12-7-4-8-13(18)11(12)9-14-15(21)20(16(22)19-14)10-5-2-1-3-6-10/h4,7-10H,1-3,5-6H2,(H,19,22)/b14-9-. The van der Waals surface area contributed by atoms with Crippen LogP contribution in [0.1, 0.15) is 37.7 Å². The van der Waals surface area contributed by atoms with Crippen molar-refractivity contribution < 1.29 is 4.79 Å². The summed E-state index contributed by atoms with van der Waals surface area (Å²) in [4.78, 5) is 14.4. The molecule has 2 aliphatic rings. The van der Waals surface area contributed by atoms with E-state index in [1.807, 2.05) is 0 Å². The van der Waals surface area contributed by atoms with Crippen LogP contribution < -0.4 is 5.32 Å². The highest BCUT2D eigenvalue weighted by Gasteiger charge is 2.36. The molecule has 6 heteroatoms. The molecule has 1 aliphatic heterocycles. The van der Waals surface area contributed by atoms with Crippen LogP contribution in [0.4, 0.5) is 0 Å². The monoisotopic (exact) mass is 354 g/mol. The minimum Gasteiger partial charge on any atom is -0.328 e. The van der Waals surface area contributed by atoms with Crippen LogP contribution in [0.15, 0.2) is 23.9 Å². The molecule has 1 heterocycles. The summed E-state index contributed by atoms with van der Waals surface area (Å²) in [6.45, 7) is 0. The van der Waals surface area contributed by atoms with Gasteiger partial charge >= 0.3 is 0 Å². The van der Waals surface area contributed by atoms with Gasteiger partial charge in [0.15, 0.2) is 5.11 Å². The number of carbonyl (C=O) groups excluding carboxylic acids is 1. The van der Waals surface area contributed by atoms with Crippen LogP contribution >= 0.6 is 35.4 Å². The van der Waals surface area contributed by atoms with E-state index in [0.717, 1.165) is 25.7 Å². The topological polar surface area (TPSA) is 32.3 Å². The van der Waals surface area contributed by atoms with Crippen LogP contribution in [-0.4, -0.2) is 22.0 Å². The number of hydrogen-bond acceptors (Lipinski definition) is 2. The molecular formula is C16H16Cl2N2OS. The van der Waals surface area contributed by atoms with E-state index in [2.05, 4.69) is 5.32 Å². The third kappa shape index (κ3) is 3.00. The van der Waals surface area contributed by atoms with Crippen LogP contribution in [0, 0.1) is 0 Å². The zero-order chi connectivity index (χ0) is 15.7. The van der Waals surface area contributed by atoms with E-state index < -0.39 is 0 Å². The first-order chi connectivity index (χ1) is 10.6. The second kappa shape index (κ2) is 6.57. The van der Waals surface area contributed by atoms with E-state index in [4.69, 9.17) is 35.4 Å². The van der Waals surface area contributed by atoms with Crippen molar-refractivity contribution in [2.45, 2.75) is 38.1 Å². The lowest BCUT2D eigenvalue weighted by Gasteiger charge is -2.29. The van der Waals surface area contributed by atoms with Crippen molar-refractivity contribution in [3.05, 3.63) is 39.5 Å². The molecule has 2 fully saturated rings. The molecule has 22 heavy (non-hydrogen) atoms. The van der Waals surface area contributed by atoms with Crippen LogP contribution in [-0.2, 0) is 4.79 Å². The maximum Gasteiger partial charge on any atom is 0.276 e. The second-order valence-electron chi connectivity index (χ2n) is 5.59. The minimum atomic E-state index is -0.0899. The second-order valence-corrected chi connectivity index (χ2v) is 6.79. The fourth-order valence-electron chi connectivity index (χ4n) is 3.01. The largest absolute Gasteiger partial charge is 0.328 e. The van der Waals surface area contributed by atoms with Gasteiger partial charge in [-0.05, 0) is 43.3 Å². The molecule has 0 unspecified atom stereocenters. The number of nitrogens with one attached hydrogen (secondary N) is 1. The van der Waals surface area contributed by atoms with Crippen molar-refractivity contribution in [2.24, 2.45) is 0 Å².